The van der Waals surface area contributed by atoms with Crippen LogP contribution in [0.3, 0.4) is 0 Å². The van der Waals surface area contributed by atoms with Gasteiger partial charge in [0, 0.05) is 40.7 Å². The maximum atomic E-state index is 14.1. The summed E-state index contributed by atoms with van der Waals surface area (Å²) >= 11 is 0. The molecule has 0 aliphatic heterocycles. The van der Waals surface area contributed by atoms with E-state index in [9.17, 15) is 22.7 Å². The Bertz CT molecular complexity index is 1980. The molecule has 0 aliphatic carbocycles. The van der Waals surface area contributed by atoms with Crippen LogP contribution in [0.2, 0.25) is 0 Å². The molecule has 4 aromatic heterocycles. The third kappa shape index (κ3) is 6.60. The quantitative estimate of drug-likeness (QED) is 0.237. The summed E-state index contributed by atoms with van der Waals surface area (Å²) in [6.07, 6.45) is 3.98. The first kappa shape index (κ1) is 32.2. The fourth-order valence-electron chi connectivity index (χ4n) is 4.56. The van der Waals surface area contributed by atoms with E-state index in [0.29, 0.717) is 11.1 Å². The standard InChI is InChI=1S/C31H31FN6O7S/c1-31(2,3)45-30(40)37(17-19-11-21(32)15-34-28(19)44-5)29-35-13-20(14-36-29)26(39)25-18-38(27-24(25)12-22(43-4)16-33-27)46(41,42)23-9-7-6-8-10-23/h6-16,18,26,39H,17H2,1-5H3. The molecule has 15 heteroatoms. The molecular formula is C31H31FN6O7S. The fourth-order valence-corrected chi connectivity index (χ4v) is 5.92. The number of halogens is 1. The number of benzene rings is 1. The van der Waals surface area contributed by atoms with Crippen molar-refractivity contribution >= 4 is 33.1 Å². The zero-order chi connectivity index (χ0) is 33.2. The van der Waals surface area contributed by atoms with Gasteiger partial charge in [0.25, 0.3) is 10.0 Å². The van der Waals surface area contributed by atoms with Gasteiger partial charge in [-0.05, 0) is 45.0 Å². The number of carbonyl (C=O) groups is 1. The molecule has 0 saturated carbocycles. The maximum Gasteiger partial charge on any atom is 0.417 e. The summed E-state index contributed by atoms with van der Waals surface area (Å²) in [6.45, 7) is 4.81. The molecule has 0 aliphatic rings. The second-order valence-corrected chi connectivity index (χ2v) is 12.9. The van der Waals surface area contributed by atoms with Crippen molar-refractivity contribution in [2.45, 2.75) is 43.9 Å². The molecule has 0 radical (unpaired) electrons. The van der Waals surface area contributed by atoms with Gasteiger partial charge in [-0.1, -0.05) is 18.2 Å². The highest BCUT2D eigenvalue weighted by atomic mass is 32.2. The minimum absolute atomic E-state index is 0.0330. The molecule has 4 heterocycles. The van der Waals surface area contributed by atoms with E-state index in [2.05, 4.69) is 19.9 Å². The Morgan fingerprint density at radius 2 is 1.70 bits per heavy atom. The Labute approximate surface area is 264 Å². The summed E-state index contributed by atoms with van der Waals surface area (Å²) in [5.74, 6) is -0.321. The molecule has 1 amide bonds. The first-order valence-electron chi connectivity index (χ1n) is 13.9. The highest BCUT2D eigenvalue weighted by molar-refractivity contribution is 7.90. The molecule has 1 unspecified atom stereocenters. The molecule has 0 fully saturated rings. The highest BCUT2D eigenvalue weighted by Gasteiger charge is 2.29. The Kier molecular flexibility index (Phi) is 8.90. The summed E-state index contributed by atoms with van der Waals surface area (Å²) in [4.78, 5) is 31.2. The molecule has 13 nitrogen and oxygen atoms in total. The largest absolute Gasteiger partial charge is 0.495 e. The molecule has 240 valence electrons. The van der Waals surface area contributed by atoms with Crippen LogP contribution in [0, 0.1) is 5.82 Å². The Morgan fingerprint density at radius 3 is 2.33 bits per heavy atom. The van der Waals surface area contributed by atoms with E-state index in [1.54, 1.807) is 45.0 Å². The summed E-state index contributed by atoms with van der Waals surface area (Å²) < 4.78 is 58.3. The van der Waals surface area contributed by atoms with Crippen LogP contribution in [-0.4, -0.2) is 63.3 Å². The second kappa shape index (κ2) is 12.7. The van der Waals surface area contributed by atoms with Gasteiger partial charge in [-0.25, -0.2) is 46.4 Å². The molecule has 1 atom stereocenters. The number of carbonyl (C=O) groups excluding carboxylic acids is 1. The molecule has 1 aromatic carbocycles. The van der Waals surface area contributed by atoms with Gasteiger partial charge in [-0.3, -0.25) is 0 Å². The number of aliphatic hydroxyl groups is 1. The first-order valence-corrected chi connectivity index (χ1v) is 15.3. The lowest BCUT2D eigenvalue weighted by Gasteiger charge is -2.26. The Hall–Kier alpha value is -5.15. The van der Waals surface area contributed by atoms with E-state index < -0.39 is 33.6 Å². The Morgan fingerprint density at radius 1 is 1.00 bits per heavy atom. The number of anilines is 1. The smallest absolute Gasteiger partial charge is 0.417 e. The van der Waals surface area contributed by atoms with Crippen molar-refractivity contribution in [1.29, 1.82) is 0 Å². The number of fused-ring (bicyclic) bond motifs is 1. The van der Waals surface area contributed by atoms with E-state index in [4.69, 9.17) is 14.2 Å². The minimum atomic E-state index is -4.09. The van der Waals surface area contributed by atoms with Crippen LogP contribution in [0.1, 0.15) is 43.6 Å². The van der Waals surface area contributed by atoms with Crippen molar-refractivity contribution in [3.8, 4) is 11.6 Å². The molecule has 46 heavy (non-hydrogen) atoms. The number of hydrogen-bond donors (Lipinski definition) is 1. The van der Waals surface area contributed by atoms with Gasteiger partial charge in [0.1, 0.15) is 23.3 Å². The predicted octanol–water partition coefficient (Wildman–Crippen LogP) is 4.64. The number of nitrogens with zero attached hydrogens (tertiary/aromatic N) is 6. The first-order chi connectivity index (χ1) is 21.8. The van der Waals surface area contributed by atoms with E-state index >= 15 is 0 Å². The van der Waals surface area contributed by atoms with Crippen molar-refractivity contribution in [3.05, 3.63) is 96.0 Å². The average Bonchev–Trinajstić information content (AvgIpc) is 3.42. The maximum absolute atomic E-state index is 14.1. The zero-order valence-corrected chi connectivity index (χ0v) is 26.4. The number of aromatic nitrogens is 5. The van der Waals surface area contributed by atoms with Gasteiger partial charge >= 0.3 is 6.09 Å². The van der Waals surface area contributed by atoms with Gasteiger partial charge in [-0.15, -0.1) is 0 Å². The van der Waals surface area contributed by atoms with Crippen molar-refractivity contribution in [1.82, 2.24) is 23.9 Å². The number of ether oxygens (including phenoxy) is 3. The fraction of sp³-hybridized carbons (Fsp3) is 0.258. The number of rotatable bonds is 9. The summed E-state index contributed by atoms with van der Waals surface area (Å²) in [7, 11) is -1.29. The van der Waals surface area contributed by atoms with Crippen LogP contribution in [-0.2, 0) is 21.3 Å². The van der Waals surface area contributed by atoms with E-state index in [0.717, 1.165) is 15.1 Å². The van der Waals surface area contributed by atoms with E-state index in [-0.39, 0.29) is 45.6 Å². The molecular weight excluding hydrogens is 619 g/mol. The molecule has 5 aromatic rings. The molecule has 1 N–H and O–H groups in total. The van der Waals surface area contributed by atoms with Gasteiger partial charge in [0.15, 0.2) is 5.65 Å². The third-order valence-electron chi connectivity index (χ3n) is 6.69. The van der Waals surface area contributed by atoms with Crippen LogP contribution in [0.5, 0.6) is 11.6 Å². The number of aliphatic hydroxyl groups excluding tert-OH is 1. The summed E-state index contributed by atoms with van der Waals surface area (Å²) in [6, 6.07) is 10.6. The number of methoxy groups -OCH3 is 2. The molecule has 0 bridgehead atoms. The van der Waals surface area contributed by atoms with Gasteiger partial charge in [0.2, 0.25) is 11.8 Å². The van der Waals surface area contributed by atoms with Gasteiger partial charge in [0.05, 0.1) is 38.1 Å². The second-order valence-electron chi connectivity index (χ2n) is 11.1. The van der Waals surface area contributed by atoms with E-state index in [1.165, 1.54) is 57.2 Å². The van der Waals surface area contributed by atoms with Crippen molar-refractivity contribution in [3.63, 3.8) is 0 Å². The summed E-state index contributed by atoms with van der Waals surface area (Å²) in [5.41, 5.74) is -0.201. The van der Waals surface area contributed by atoms with Gasteiger partial charge < -0.3 is 19.3 Å². The highest BCUT2D eigenvalue weighted by Crippen LogP contribution is 2.34. The normalized spacial score (nSPS) is 12.5. The Balaban J connectivity index is 1.54. The van der Waals surface area contributed by atoms with Crippen LogP contribution < -0.4 is 14.4 Å². The monoisotopic (exact) mass is 650 g/mol. The van der Waals surface area contributed by atoms with Crippen LogP contribution in [0.15, 0.2) is 78.3 Å². The lowest BCUT2D eigenvalue weighted by molar-refractivity contribution is 0.0574. The van der Waals surface area contributed by atoms with Crippen molar-refractivity contribution in [2.24, 2.45) is 0 Å². The zero-order valence-electron chi connectivity index (χ0n) is 25.6. The topological polar surface area (TPSA) is 159 Å². The number of amides is 1. The third-order valence-corrected chi connectivity index (χ3v) is 8.36. The summed E-state index contributed by atoms with van der Waals surface area (Å²) in [5, 5.41) is 11.8. The lowest BCUT2D eigenvalue weighted by atomic mass is 10.0. The van der Waals surface area contributed by atoms with E-state index in [1.807, 2.05) is 0 Å². The SMILES string of the molecule is COc1cnc2c(c1)c(C(O)c1cnc(N(Cc3cc(F)cnc3OC)C(=O)OC(C)(C)C)nc1)cn2S(=O)(=O)c1ccccc1. The molecule has 5 rings (SSSR count). The van der Waals surface area contributed by atoms with Crippen LogP contribution in [0.4, 0.5) is 15.1 Å². The van der Waals surface area contributed by atoms with Crippen molar-refractivity contribution < 1.29 is 36.9 Å². The molecule has 0 spiro atoms. The lowest BCUT2D eigenvalue weighted by Crippen LogP contribution is -2.37. The molecule has 0 saturated heterocycles. The predicted molar refractivity (Wildman–Crippen MR) is 165 cm³/mol. The average molecular weight is 651 g/mol. The number of pyridine rings is 2. The van der Waals surface area contributed by atoms with Crippen molar-refractivity contribution in [2.75, 3.05) is 19.1 Å². The number of hydrogen-bond acceptors (Lipinski definition) is 11. The van der Waals surface area contributed by atoms with Crippen LogP contribution in [0.25, 0.3) is 11.0 Å². The van der Waals surface area contributed by atoms with Crippen LogP contribution >= 0.6 is 0 Å². The van der Waals surface area contributed by atoms with Gasteiger partial charge in [-0.2, -0.15) is 0 Å². The minimum Gasteiger partial charge on any atom is -0.495 e.